The van der Waals surface area contributed by atoms with Crippen LogP contribution >= 0.6 is 0 Å². The zero-order chi connectivity index (χ0) is 20.1. The molecule has 0 bridgehead atoms. The molecule has 3 heterocycles. The average molecular weight is 389 g/mol. The minimum absolute atomic E-state index is 0.000479. The third-order valence-electron chi connectivity index (χ3n) is 5.31. The Balaban J connectivity index is 1.32. The van der Waals surface area contributed by atoms with Crippen LogP contribution in [0.5, 0.6) is 0 Å². The van der Waals surface area contributed by atoms with E-state index >= 15 is 0 Å². The molecule has 4 rings (SSSR count). The second-order valence-corrected chi connectivity index (χ2v) is 7.12. The minimum Gasteiger partial charge on any atom is -0.352 e. The van der Waals surface area contributed by atoms with Crippen molar-refractivity contribution in [3.63, 3.8) is 0 Å². The number of nitrogens with one attached hydrogen (secondary N) is 1. The van der Waals surface area contributed by atoms with E-state index in [1.807, 2.05) is 39.9 Å². The standard InChI is InChI=1S/C22H23N5O2/c28-21(25-15-19-3-1-2-4-20(19)27-14-11-24-16-27)17-7-12-26(13-8-17)22(29)18-5-9-23-10-6-18/h1-6,9-11,14,16-17H,7-8,12-13,15H2,(H,25,28). The fourth-order valence-corrected chi connectivity index (χ4v) is 3.66. The molecule has 1 saturated heterocycles. The SMILES string of the molecule is O=C(NCc1ccccc1-n1ccnc1)C1CCN(C(=O)c2ccncc2)CC1. The van der Waals surface area contributed by atoms with Gasteiger partial charge in [-0.2, -0.15) is 0 Å². The zero-order valence-corrected chi connectivity index (χ0v) is 16.1. The van der Waals surface area contributed by atoms with Crippen LogP contribution in [0, 0.1) is 5.92 Å². The van der Waals surface area contributed by atoms with Crippen molar-refractivity contribution in [2.24, 2.45) is 5.92 Å². The number of carbonyl (C=O) groups excluding carboxylic acids is 2. The fourth-order valence-electron chi connectivity index (χ4n) is 3.66. The number of imidazole rings is 1. The molecule has 1 N–H and O–H groups in total. The van der Waals surface area contributed by atoms with E-state index in [4.69, 9.17) is 0 Å². The highest BCUT2D eigenvalue weighted by Gasteiger charge is 2.27. The topological polar surface area (TPSA) is 80.1 Å². The van der Waals surface area contributed by atoms with Gasteiger partial charge in [0.2, 0.25) is 5.91 Å². The molecule has 0 aliphatic carbocycles. The van der Waals surface area contributed by atoms with Gasteiger partial charge in [0.25, 0.3) is 5.91 Å². The first-order valence-electron chi connectivity index (χ1n) is 9.75. The molecule has 0 spiro atoms. The number of aromatic nitrogens is 3. The zero-order valence-electron chi connectivity index (χ0n) is 16.1. The van der Waals surface area contributed by atoms with Crippen LogP contribution in [0.1, 0.15) is 28.8 Å². The monoisotopic (exact) mass is 389 g/mol. The van der Waals surface area contributed by atoms with E-state index in [-0.39, 0.29) is 17.7 Å². The number of likely N-dealkylation sites (tertiary alicyclic amines) is 1. The average Bonchev–Trinajstić information content (AvgIpc) is 3.33. The Bertz CT molecular complexity index is 964. The number of benzene rings is 1. The maximum absolute atomic E-state index is 12.7. The summed E-state index contributed by atoms with van der Waals surface area (Å²) in [4.78, 5) is 35.1. The normalized spacial score (nSPS) is 14.6. The molecule has 0 radical (unpaired) electrons. The summed E-state index contributed by atoms with van der Waals surface area (Å²) in [7, 11) is 0. The van der Waals surface area contributed by atoms with Gasteiger partial charge in [0.15, 0.2) is 0 Å². The van der Waals surface area contributed by atoms with Crippen LogP contribution in [0.2, 0.25) is 0 Å². The highest BCUT2D eigenvalue weighted by atomic mass is 16.2. The predicted molar refractivity (Wildman–Crippen MR) is 108 cm³/mol. The largest absolute Gasteiger partial charge is 0.352 e. The van der Waals surface area contributed by atoms with Crippen molar-refractivity contribution in [3.05, 3.63) is 78.6 Å². The number of amides is 2. The highest BCUT2D eigenvalue weighted by Crippen LogP contribution is 2.20. The second-order valence-electron chi connectivity index (χ2n) is 7.12. The van der Waals surface area contributed by atoms with E-state index in [2.05, 4.69) is 15.3 Å². The van der Waals surface area contributed by atoms with Gasteiger partial charge in [0.05, 0.1) is 12.0 Å². The van der Waals surface area contributed by atoms with Crippen LogP contribution in [0.3, 0.4) is 0 Å². The molecule has 7 nitrogen and oxygen atoms in total. The Morgan fingerprint density at radius 2 is 1.76 bits per heavy atom. The summed E-state index contributed by atoms with van der Waals surface area (Å²) < 4.78 is 1.94. The van der Waals surface area contributed by atoms with Gasteiger partial charge in [0, 0.05) is 55.9 Å². The van der Waals surface area contributed by atoms with E-state index in [0.717, 1.165) is 11.3 Å². The summed E-state index contributed by atoms with van der Waals surface area (Å²) in [5, 5.41) is 3.06. The lowest BCUT2D eigenvalue weighted by Crippen LogP contribution is -2.43. The minimum atomic E-state index is -0.0723. The van der Waals surface area contributed by atoms with E-state index in [9.17, 15) is 9.59 Å². The lowest BCUT2D eigenvalue weighted by Gasteiger charge is -2.31. The molecule has 0 saturated carbocycles. The summed E-state index contributed by atoms with van der Waals surface area (Å²) in [6, 6.07) is 11.4. The Labute approximate surface area is 169 Å². The van der Waals surface area contributed by atoms with Crippen molar-refractivity contribution < 1.29 is 9.59 Å². The molecule has 0 unspecified atom stereocenters. The number of rotatable bonds is 5. The third kappa shape index (κ3) is 4.34. The van der Waals surface area contributed by atoms with Gasteiger partial charge in [-0.15, -0.1) is 0 Å². The number of carbonyl (C=O) groups is 2. The van der Waals surface area contributed by atoms with E-state index < -0.39 is 0 Å². The van der Waals surface area contributed by atoms with E-state index in [0.29, 0.717) is 38.0 Å². The maximum Gasteiger partial charge on any atom is 0.253 e. The molecule has 1 aromatic carbocycles. The number of hydrogen-bond acceptors (Lipinski definition) is 4. The first-order chi connectivity index (χ1) is 14.2. The summed E-state index contributed by atoms with van der Waals surface area (Å²) >= 11 is 0. The van der Waals surface area contributed by atoms with Gasteiger partial charge >= 0.3 is 0 Å². The number of piperidine rings is 1. The number of nitrogens with zero attached hydrogens (tertiary/aromatic N) is 4. The van der Waals surface area contributed by atoms with Crippen LogP contribution in [-0.2, 0) is 11.3 Å². The molecule has 1 aliphatic rings. The van der Waals surface area contributed by atoms with Gasteiger partial charge in [-0.1, -0.05) is 18.2 Å². The van der Waals surface area contributed by atoms with E-state index in [1.165, 1.54) is 0 Å². The molecular formula is C22H23N5O2. The molecule has 0 atom stereocenters. The lowest BCUT2D eigenvalue weighted by atomic mass is 9.95. The Morgan fingerprint density at radius 3 is 2.48 bits per heavy atom. The van der Waals surface area contributed by atoms with Gasteiger partial charge in [0.1, 0.15) is 0 Å². The van der Waals surface area contributed by atoms with Crippen LogP contribution < -0.4 is 5.32 Å². The van der Waals surface area contributed by atoms with Crippen molar-refractivity contribution in [1.82, 2.24) is 24.8 Å². The van der Waals surface area contributed by atoms with Gasteiger partial charge in [-0.25, -0.2) is 4.98 Å². The summed E-state index contributed by atoms with van der Waals surface area (Å²) in [6.45, 7) is 1.64. The summed E-state index contributed by atoms with van der Waals surface area (Å²) in [5.74, 6) is -0.0288. The predicted octanol–water partition coefficient (Wildman–Crippen LogP) is 2.44. The quantitative estimate of drug-likeness (QED) is 0.727. The van der Waals surface area contributed by atoms with Crippen LogP contribution in [0.4, 0.5) is 0 Å². The van der Waals surface area contributed by atoms with Crippen LogP contribution in [-0.4, -0.2) is 44.3 Å². The molecule has 2 amide bonds. The van der Waals surface area contributed by atoms with Crippen LogP contribution in [0.25, 0.3) is 5.69 Å². The van der Waals surface area contributed by atoms with Crippen molar-refractivity contribution >= 4 is 11.8 Å². The lowest BCUT2D eigenvalue weighted by molar-refractivity contribution is -0.126. The molecular weight excluding hydrogens is 366 g/mol. The van der Waals surface area contributed by atoms with E-state index in [1.54, 1.807) is 37.1 Å². The van der Waals surface area contributed by atoms with Crippen molar-refractivity contribution in [2.75, 3.05) is 13.1 Å². The molecule has 3 aromatic rings. The first-order valence-corrected chi connectivity index (χ1v) is 9.75. The highest BCUT2D eigenvalue weighted by molar-refractivity contribution is 5.94. The summed E-state index contributed by atoms with van der Waals surface area (Å²) in [5.41, 5.74) is 2.67. The number of para-hydroxylation sites is 1. The van der Waals surface area contributed by atoms with Crippen LogP contribution in [0.15, 0.2) is 67.5 Å². The molecule has 29 heavy (non-hydrogen) atoms. The Morgan fingerprint density at radius 1 is 1.00 bits per heavy atom. The Hall–Kier alpha value is -3.48. The van der Waals surface area contributed by atoms with Crippen molar-refractivity contribution in [3.8, 4) is 5.69 Å². The third-order valence-corrected chi connectivity index (χ3v) is 5.31. The molecule has 7 heteroatoms. The van der Waals surface area contributed by atoms with Crippen molar-refractivity contribution in [1.29, 1.82) is 0 Å². The fraction of sp³-hybridized carbons (Fsp3) is 0.273. The molecule has 148 valence electrons. The smallest absolute Gasteiger partial charge is 0.253 e. The van der Waals surface area contributed by atoms with Gasteiger partial charge < -0.3 is 14.8 Å². The van der Waals surface area contributed by atoms with Gasteiger partial charge in [-0.3, -0.25) is 14.6 Å². The van der Waals surface area contributed by atoms with Gasteiger partial charge in [-0.05, 0) is 36.6 Å². The molecule has 1 fully saturated rings. The summed E-state index contributed by atoms with van der Waals surface area (Å²) in [6.07, 6.45) is 9.95. The molecule has 2 aromatic heterocycles. The maximum atomic E-state index is 12.7. The number of hydrogen-bond donors (Lipinski definition) is 1. The number of pyridine rings is 1. The second kappa shape index (κ2) is 8.68. The first kappa shape index (κ1) is 18.9. The molecule has 1 aliphatic heterocycles. The Kier molecular flexibility index (Phi) is 5.65. The van der Waals surface area contributed by atoms with Crippen molar-refractivity contribution in [2.45, 2.75) is 19.4 Å².